The first-order chi connectivity index (χ1) is 26.9. The van der Waals surface area contributed by atoms with Crippen molar-refractivity contribution in [3.8, 4) is 22.3 Å². The Hall–Kier alpha value is -0.823. The first-order valence-corrected chi connectivity index (χ1v) is 44.7. The SMILES string of the molecule is CCCCCCC(CCCC)Cc1ccc(-c2c3c[c]([Sn]([CH3])([CH3])[CH3])sc3c(-c3ccc(CC(CCCC)CCCCCC)cc3)c3c[c]([Sn]([CH3])([CH3])[CH3])sc23)cc1. The van der Waals surface area contributed by atoms with Gasteiger partial charge >= 0.3 is 285 Å². The van der Waals surface area contributed by atoms with Crippen LogP contribution in [0.1, 0.15) is 142 Å². The third-order valence-electron chi connectivity index (χ3n) is 12.3. The second kappa shape index (κ2) is 22.1. The average molecular weight is 1000 g/mol. The van der Waals surface area contributed by atoms with Crippen LogP contribution in [0, 0.1) is 11.8 Å². The number of fused-ring (bicyclic) bond motifs is 2. The molecule has 2 heterocycles. The zero-order valence-electron chi connectivity index (χ0n) is 37.5. The van der Waals surface area contributed by atoms with E-state index in [-0.39, 0.29) is 0 Å². The van der Waals surface area contributed by atoms with Crippen molar-refractivity contribution < 1.29 is 0 Å². The van der Waals surface area contributed by atoms with E-state index in [4.69, 9.17) is 0 Å². The zero-order valence-corrected chi connectivity index (χ0v) is 44.8. The molecule has 0 bridgehead atoms. The van der Waals surface area contributed by atoms with Crippen molar-refractivity contribution in [1.82, 2.24) is 0 Å². The van der Waals surface area contributed by atoms with E-state index in [1.165, 1.54) is 169 Å². The quantitative estimate of drug-likeness (QED) is 0.0427. The van der Waals surface area contributed by atoms with Crippen molar-refractivity contribution in [3.63, 3.8) is 0 Å². The molecule has 0 aliphatic heterocycles. The Bertz CT molecular complexity index is 1720. The molecule has 0 aliphatic rings. The Balaban J connectivity index is 1.57. The molecule has 56 heavy (non-hydrogen) atoms. The van der Waals surface area contributed by atoms with Gasteiger partial charge in [-0.1, -0.05) is 79.1 Å². The predicted octanol–water partition coefficient (Wildman–Crippen LogP) is 17.2. The molecule has 0 radical (unpaired) electrons. The molecule has 0 fully saturated rings. The van der Waals surface area contributed by atoms with Gasteiger partial charge in [0, 0.05) is 0 Å². The zero-order chi connectivity index (χ0) is 40.3. The van der Waals surface area contributed by atoms with Crippen LogP contribution in [-0.4, -0.2) is 36.8 Å². The van der Waals surface area contributed by atoms with Gasteiger partial charge in [-0.25, -0.2) is 0 Å². The number of benzene rings is 3. The van der Waals surface area contributed by atoms with E-state index in [2.05, 4.69) is 141 Å². The molecule has 2 unspecified atom stereocenters. The number of rotatable bonds is 24. The fourth-order valence-corrected chi connectivity index (χ4v) is 21.7. The number of thiophene rings is 2. The molecule has 0 nitrogen and oxygen atoms in total. The van der Waals surface area contributed by atoms with Gasteiger partial charge in [0.15, 0.2) is 0 Å². The minimum absolute atomic E-state index is 0.813. The Morgan fingerprint density at radius 3 is 1.09 bits per heavy atom. The van der Waals surface area contributed by atoms with Gasteiger partial charge in [-0.2, -0.15) is 0 Å². The summed E-state index contributed by atoms with van der Waals surface area (Å²) in [4.78, 5) is 15.6. The summed E-state index contributed by atoms with van der Waals surface area (Å²) in [6.07, 6.45) is 24.3. The van der Waals surface area contributed by atoms with Crippen molar-refractivity contribution in [2.75, 3.05) is 0 Å². The average Bonchev–Trinajstić information content (AvgIpc) is 3.82. The summed E-state index contributed by atoms with van der Waals surface area (Å²) in [6.45, 7) is 9.36. The van der Waals surface area contributed by atoms with Gasteiger partial charge in [-0.05, 0) is 0 Å². The van der Waals surface area contributed by atoms with Crippen LogP contribution in [-0.2, 0) is 12.8 Å². The molecule has 306 valence electrons. The monoisotopic (exact) mass is 1010 g/mol. The molecule has 5 aromatic rings. The Kier molecular flexibility index (Phi) is 18.3. The van der Waals surface area contributed by atoms with Crippen LogP contribution in [0.25, 0.3) is 42.4 Å². The first-order valence-electron chi connectivity index (χ1n) is 23.1. The van der Waals surface area contributed by atoms with E-state index < -0.39 is 36.8 Å². The van der Waals surface area contributed by atoms with E-state index in [0.29, 0.717) is 0 Å². The summed E-state index contributed by atoms with van der Waals surface area (Å²) >= 11 is -0.457. The summed E-state index contributed by atoms with van der Waals surface area (Å²) in [7, 11) is 0. The summed E-state index contributed by atoms with van der Waals surface area (Å²) in [5.74, 6) is 1.63. The number of hydrogen-bond acceptors (Lipinski definition) is 2. The third-order valence-corrected chi connectivity index (χ3v) is 33.5. The molecule has 2 atom stereocenters. The van der Waals surface area contributed by atoms with E-state index in [1.54, 1.807) is 5.79 Å². The predicted molar refractivity (Wildman–Crippen MR) is 265 cm³/mol. The van der Waals surface area contributed by atoms with Crippen molar-refractivity contribution in [2.24, 2.45) is 11.8 Å². The van der Waals surface area contributed by atoms with Crippen molar-refractivity contribution in [1.29, 1.82) is 0 Å². The first kappa shape index (κ1) is 46.2. The van der Waals surface area contributed by atoms with Gasteiger partial charge in [0.2, 0.25) is 0 Å². The molecule has 5 rings (SSSR count). The number of unbranched alkanes of at least 4 members (excludes halogenated alkanes) is 8. The molecule has 0 N–H and O–H groups in total. The fraction of sp³-hybridized carbons (Fsp3) is 0.577. The maximum atomic E-state index is 2.67. The normalized spacial score (nSPS) is 13.6. The summed E-state index contributed by atoms with van der Waals surface area (Å²) in [6, 6.07) is 25.3. The molecule has 0 aliphatic carbocycles. The van der Waals surface area contributed by atoms with E-state index in [9.17, 15) is 0 Å². The Morgan fingerprint density at radius 2 is 0.768 bits per heavy atom. The second-order valence-corrected chi connectivity index (χ2v) is 52.4. The van der Waals surface area contributed by atoms with Crippen LogP contribution in [0.3, 0.4) is 0 Å². The van der Waals surface area contributed by atoms with Crippen molar-refractivity contribution in [2.45, 2.75) is 173 Å². The fourth-order valence-electron chi connectivity index (χ4n) is 8.77. The van der Waals surface area contributed by atoms with E-state index in [1.807, 2.05) is 0 Å². The molecule has 0 saturated heterocycles. The maximum absolute atomic E-state index is 2.67. The van der Waals surface area contributed by atoms with Gasteiger partial charge in [0.1, 0.15) is 0 Å². The standard InChI is InChI=1S/C46H60S2.6CH3.2Sn/c1-5-9-13-15-19-35(17-11-7-3)33-37-21-25-39(26-22-37)43-41-29-31-48-46(41)44(42-30-32-47-45(42)43)40-27-23-38(24-28-40)34-36(18-12-8-4)20-16-14-10-6-2;;;;;;;;/h21-30,35-36H,5-20,33-34H2,1-4H3;6*1H3;;. The van der Waals surface area contributed by atoms with Crippen molar-refractivity contribution >= 4 is 85.4 Å². The van der Waals surface area contributed by atoms with Crippen LogP contribution in [0.5, 0.6) is 0 Å². The Labute approximate surface area is 360 Å². The van der Waals surface area contributed by atoms with Crippen LogP contribution >= 0.6 is 22.7 Å². The van der Waals surface area contributed by atoms with Crippen LogP contribution < -0.4 is 5.79 Å². The molecule has 4 heteroatoms. The van der Waals surface area contributed by atoms with Gasteiger partial charge in [-0.15, -0.1) is 0 Å². The summed E-state index contributed by atoms with van der Waals surface area (Å²) < 4.78 is 6.45. The third kappa shape index (κ3) is 12.6. The van der Waals surface area contributed by atoms with Gasteiger partial charge in [0.25, 0.3) is 0 Å². The summed E-state index contributed by atoms with van der Waals surface area (Å²) in [5, 5.41) is 3.02. The van der Waals surface area contributed by atoms with Crippen LogP contribution in [0.2, 0.25) is 29.6 Å². The number of hydrogen-bond donors (Lipinski definition) is 0. The van der Waals surface area contributed by atoms with Crippen LogP contribution in [0.15, 0.2) is 60.7 Å². The molecular weight excluding hydrogens is 926 g/mol. The molecule has 0 spiro atoms. The molecular formula is C52H78S2Sn2. The Morgan fingerprint density at radius 1 is 0.429 bits per heavy atom. The minimum atomic E-state index is -2.38. The van der Waals surface area contributed by atoms with Gasteiger partial charge < -0.3 is 0 Å². The molecule has 3 aromatic carbocycles. The van der Waals surface area contributed by atoms with Gasteiger partial charge in [-0.3, -0.25) is 0 Å². The second-order valence-electron chi connectivity index (χ2n) is 19.5. The van der Waals surface area contributed by atoms with E-state index in [0.717, 1.165) is 11.8 Å². The van der Waals surface area contributed by atoms with Gasteiger partial charge in [0.05, 0.1) is 0 Å². The van der Waals surface area contributed by atoms with Crippen LogP contribution in [0.4, 0.5) is 0 Å². The summed E-state index contributed by atoms with van der Waals surface area (Å²) in [5.41, 5.74) is 8.92. The molecule has 0 amide bonds. The topological polar surface area (TPSA) is 0 Å². The van der Waals surface area contributed by atoms with Crippen molar-refractivity contribution in [3.05, 3.63) is 71.8 Å². The molecule has 2 aromatic heterocycles. The molecule has 0 saturated carbocycles. The van der Waals surface area contributed by atoms with E-state index >= 15 is 0 Å².